The fraction of sp³-hybridized carbons (Fsp3) is 0.462. The van der Waals surface area contributed by atoms with E-state index in [2.05, 4.69) is 4.98 Å². The maximum atomic E-state index is 11.9. The number of hydrogen-bond donors (Lipinski definition) is 1. The lowest BCUT2D eigenvalue weighted by Crippen LogP contribution is -2.52. The first-order chi connectivity index (χ1) is 9.15. The van der Waals surface area contributed by atoms with Gasteiger partial charge in [-0.15, -0.1) is 0 Å². The first kappa shape index (κ1) is 13.5. The minimum Gasteiger partial charge on any atom is -0.479 e. The fourth-order valence-corrected chi connectivity index (χ4v) is 2.28. The Hall–Kier alpha value is -1.95. The summed E-state index contributed by atoms with van der Waals surface area (Å²) in [5.41, 5.74) is 0.726. The van der Waals surface area contributed by atoms with Crippen molar-refractivity contribution in [2.24, 2.45) is 0 Å². The average Bonchev–Trinajstić information content (AvgIpc) is 2.41. The van der Waals surface area contributed by atoms with Gasteiger partial charge in [0.15, 0.2) is 6.10 Å². The van der Waals surface area contributed by atoms with Crippen molar-refractivity contribution in [1.82, 2.24) is 9.88 Å². The molecule has 1 saturated heterocycles. The lowest BCUT2D eigenvalue weighted by atomic mass is 9.98. The fourth-order valence-electron chi connectivity index (χ4n) is 2.28. The molecule has 1 amide bonds. The van der Waals surface area contributed by atoms with Gasteiger partial charge in [-0.3, -0.25) is 9.78 Å². The van der Waals surface area contributed by atoms with Crippen LogP contribution in [0.1, 0.15) is 24.9 Å². The van der Waals surface area contributed by atoms with Crippen LogP contribution in [0.25, 0.3) is 0 Å². The summed E-state index contributed by atoms with van der Waals surface area (Å²) in [6, 6.07) is 2.83. The SMILES string of the molecule is CCCN1C(=O)COC(C(=O)O)C1c1ccncc1. The first-order valence-corrected chi connectivity index (χ1v) is 6.19. The first-order valence-electron chi connectivity index (χ1n) is 6.19. The molecule has 0 radical (unpaired) electrons. The number of hydrogen-bond acceptors (Lipinski definition) is 4. The highest BCUT2D eigenvalue weighted by molar-refractivity contribution is 5.82. The summed E-state index contributed by atoms with van der Waals surface area (Å²) >= 11 is 0. The highest BCUT2D eigenvalue weighted by atomic mass is 16.5. The van der Waals surface area contributed by atoms with E-state index in [9.17, 15) is 14.7 Å². The Balaban J connectivity index is 2.38. The number of morpholine rings is 1. The second-order valence-electron chi connectivity index (χ2n) is 4.38. The van der Waals surface area contributed by atoms with Crippen molar-refractivity contribution in [3.05, 3.63) is 30.1 Å². The average molecular weight is 264 g/mol. The maximum Gasteiger partial charge on any atom is 0.335 e. The minimum atomic E-state index is -1.06. The van der Waals surface area contributed by atoms with E-state index in [0.717, 1.165) is 12.0 Å². The maximum absolute atomic E-state index is 11.9. The Kier molecular flexibility index (Phi) is 4.11. The predicted octanol–water partition coefficient (Wildman–Crippen LogP) is 0.845. The number of carbonyl (C=O) groups is 2. The molecular weight excluding hydrogens is 248 g/mol. The van der Waals surface area contributed by atoms with E-state index in [4.69, 9.17) is 4.74 Å². The van der Waals surface area contributed by atoms with Crippen LogP contribution in [0.5, 0.6) is 0 Å². The summed E-state index contributed by atoms with van der Waals surface area (Å²) in [5.74, 6) is -1.24. The number of pyridine rings is 1. The van der Waals surface area contributed by atoms with Gasteiger partial charge in [-0.1, -0.05) is 6.92 Å². The van der Waals surface area contributed by atoms with Gasteiger partial charge in [0.05, 0.1) is 6.04 Å². The molecule has 0 spiro atoms. The summed E-state index contributed by atoms with van der Waals surface area (Å²) < 4.78 is 5.18. The van der Waals surface area contributed by atoms with E-state index >= 15 is 0 Å². The number of nitrogens with zero attached hydrogens (tertiary/aromatic N) is 2. The molecule has 1 aromatic rings. The Morgan fingerprint density at radius 2 is 2.21 bits per heavy atom. The van der Waals surface area contributed by atoms with Crippen molar-refractivity contribution in [2.75, 3.05) is 13.2 Å². The largest absolute Gasteiger partial charge is 0.479 e. The third kappa shape index (κ3) is 2.73. The van der Waals surface area contributed by atoms with Crippen molar-refractivity contribution >= 4 is 11.9 Å². The molecule has 1 aromatic heterocycles. The molecule has 1 N–H and O–H groups in total. The van der Waals surface area contributed by atoms with Gasteiger partial charge in [-0.25, -0.2) is 4.79 Å². The number of aromatic nitrogens is 1. The molecule has 0 aliphatic carbocycles. The summed E-state index contributed by atoms with van der Waals surface area (Å²) in [7, 11) is 0. The summed E-state index contributed by atoms with van der Waals surface area (Å²) in [4.78, 5) is 28.7. The summed E-state index contributed by atoms with van der Waals surface area (Å²) in [5, 5.41) is 9.26. The molecule has 0 bridgehead atoms. The van der Waals surface area contributed by atoms with Crippen molar-refractivity contribution in [3.63, 3.8) is 0 Å². The number of ether oxygens (including phenoxy) is 1. The van der Waals surface area contributed by atoms with E-state index in [0.29, 0.717) is 6.54 Å². The van der Waals surface area contributed by atoms with Crippen LogP contribution >= 0.6 is 0 Å². The molecule has 6 heteroatoms. The third-order valence-corrected chi connectivity index (χ3v) is 3.08. The van der Waals surface area contributed by atoms with E-state index < -0.39 is 18.1 Å². The standard InChI is InChI=1S/C13H16N2O4/c1-2-7-15-10(16)8-19-12(13(17)18)11(15)9-3-5-14-6-4-9/h3-6,11-12H,2,7-8H2,1H3,(H,17,18). The van der Waals surface area contributed by atoms with Crippen LogP contribution < -0.4 is 0 Å². The van der Waals surface area contributed by atoms with Gasteiger partial charge in [-0.2, -0.15) is 0 Å². The number of carboxylic acids is 1. The molecular formula is C13H16N2O4. The van der Waals surface area contributed by atoms with E-state index in [1.165, 1.54) is 0 Å². The zero-order valence-corrected chi connectivity index (χ0v) is 10.7. The second kappa shape index (κ2) is 5.79. The quantitative estimate of drug-likeness (QED) is 0.871. The highest BCUT2D eigenvalue weighted by Gasteiger charge is 2.41. The number of rotatable bonds is 4. The van der Waals surface area contributed by atoms with Crippen LogP contribution in [-0.4, -0.2) is 46.1 Å². The minimum absolute atomic E-state index is 0.179. The lowest BCUT2D eigenvalue weighted by Gasteiger charge is -2.39. The van der Waals surface area contributed by atoms with Crippen LogP contribution in [0.2, 0.25) is 0 Å². The van der Waals surface area contributed by atoms with Crippen molar-refractivity contribution in [1.29, 1.82) is 0 Å². The Labute approximate surface area is 111 Å². The third-order valence-electron chi connectivity index (χ3n) is 3.08. The van der Waals surface area contributed by atoms with Gasteiger partial charge in [-0.05, 0) is 24.1 Å². The van der Waals surface area contributed by atoms with Crippen LogP contribution in [0.3, 0.4) is 0 Å². The molecule has 1 aliphatic rings. The van der Waals surface area contributed by atoms with E-state index in [1.54, 1.807) is 29.4 Å². The number of carboxylic acid groups (broad SMARTS) is 1. The Morgan fingerprint density at radius 1 is 1.53 bits per heavy atom. The topological polar surface area (TPSA) is 79.7 Å². The van der Waals surface area contributed by atoms with Crippen LogP contribution in [0.15, 0.2) is 24.5 Å². The van der Waals surface area contributed by atoms with Gasteiger partial charge in [0.1, 0.15) is 6.61 Å². The Morgan fingerprint density at radius 3 is 2.79 bits per heavy atom. The molecule has 2 rings (SSSR count). The zero-order chi connectivity index (χ0) is 13.8. The van der Waals surface area contributed by atoms with E-state index in [-0.39, 0.29) is 12.5 Å². The highest BCUT2D eigenvalue weighted by Crippen LogP contribution is 2.30. The van der Waals surface area contributed by atoms with Crippen LogP contribution in [0.4, 0.5) is 0 Å². The molecule has 1 fully saturated rings. The normalized spacial score (nSPS) is 23.4. The molecule has 1 aliphatic heterocycles. The smallest absolute Gasteiger partial charge is 0.335 e. The molecule has 19 heavy (non-hydrogen) atoms. The lowest BCUT2D eigenvalue weighted by molar-refractivity contribution is -0.173. The van der Waals surface area contributed by atoms with Gasteiger partial charge < -0.3 is 14.7 Å². The Bertz CT molecular complexity index is 463. The molecule has 6 nitrogen and oxygen atoms in total. The predicted molar refractivity (Wildman–Crippen MR) is 66.4 cm³/mol. The van der Waals surface area contributed by atoms with Gasteiger partial charge in [0.2, 0.25) is 5.91 Å². The van der Waals surface area contributed by atoms with Crippen molar-refractivity contribution in [2.45, 2.75) is 25.5 Å². The van der Waals surface area contributed by atoms with Crippen LogP contribution in [-0.2, 0) is 14.3 Å². The molecule has 0 saturated carbocycles. The second-order valence-corrected chi connectivity index (χ2v) is 4.38. The number of amides is 1. The summed E-state index contributed by atoms with van der Waals surface area (Å²) in [6.45, 7) is 2.28. The van der Waals surface area contributed by atoms with E-state index in [1.807, 2.05) is 6.92 Å². The number of carbonyl (C=O) groups excluding carboxylic acids is 1. The zero-order valence-electron chi connectivity index (χ0n) is 10.7. The summed E-state index contributed by atoms with van der Waals surface area (Å²) in [6.07, 6.45) is 2.89. The van der Waals surface area contributed by atoms with Gasteiger partial charge in [0, 0.05) is 18.9 Å². The molecule has 2 atom stereocenters. The molecule has 2 unspecified atom stereocenters. The number of aliphatic carboxylic acids is 1. The monoisotopic (exact) mass is 264 g/mol. The molecule has 102 valence electrons. The van der Waals surface area contributed by atoms with Gasteiger partial charge >= 0.3 is 5.97 Å². The molecule has 0 aromatic carbocycles. The molecule has 2 heterocycles. The van der Waals surface area contributed by atoms with Crippen molar-refractivity contribution < 1.29 is 19.4 Å². The van der Waals surface area contributed by atoms with Crippen LogP contribution in [0, 0.1) is 0 Å². The van der Waals surface area contributed by atoms with Crippen molar-refractivity contribution in [3.8, 4) is 0 Å². The van der Waals surface area contributed by atoms with Gasteiger partial charge in [0.25, 0.3) is 0 Å².